The summed E-state index contributed by atoms with van der Waals surface area (Å²) in [7, 11) is 0. The van der Waals surface area contributed by atoms with Crippen LogP contribution in [0.2, 0.25) is 0 Å². The first kappa shape index (κ1) is 10.2. The van der Waals surface area contributed by atoms with Crippen molar-refractivity contribution in [3.05, 3.63) is 35.9 Å². The Morgan fingerprint density at radius 1 is 1.46 bits per heavy atom. The van der Waals surface area contributed by atoms with E-state index in [0.29, 0.717) is 6.54 Å². The zero-order valence-corrected chi connectivity index (χ0v) is 8.42. The molecule has 4 heteroatoms. The zero-order chi connectivity index (χ0) is 9.68. The van der Waals surface area contributed by atoms with Crippen LogP contribution in [0.25, 0.3) is 0 Å². The van der Waals surface area contributed by atoms with Crippen molar-refractivity contribution in [3.8, 4) is 0 Å². The van der Waals surface area contributed by atoms with Gasteiger partial charge in [0.05, 0.1) is 0 Å². The van der Waals surface area contributed by atoms with Gasteiger partial charge in [0.15, 0.2) is 0 Å². The van der Waals surface area contributed by atoms with Gasteiger partial charge >= 0.3 is 0 Å². The topological polar surface area (TPSA) is 29.1 Å². The van der Waals surface area contributed by atoms with E-state index in [0.717, 1.165) is 5.56 Å². The summed E-state index contributed by atoms with van der Waals surface area (Å²) >= 11 is 2.53. The fraction of sp³-hybridized carbons (Fsp3) is 0.222. The summed E-state index contributed by atoms with van der Waals surface area (Å²) in [6.07, 6.45) is 0. The van der Waals surface area contributed by atoms with Gasteiger partial charge in [-0.2, -0.15) is 0 Å². The highest BCUT2D eigenvalue weighted by Gasteiger charge is 2.10. The van der Waals surface area contributed by atoms with E-state index >= 15 is 0 Å². The van der Waals surface area contributed by atoms with Crippen LogP contribution in [0, 0.1) is 0 Å². The fourth-order valence-electron chi connectivity index (χ4n) is 0.862. The minimum absolute atomic E-state index is 0.353. The molecule has 0 fully saturated rings. The molecule has 0 heterocycles. The molecular formula is C9H9BrFNO. The molecule has 1 N–H and O–H groups in total. The summed E-state index contributed by atoms with van der Waals surface area (Å²) in [6, 6.07) is 9.34. The van der Waals surface area contributed by atoms with Crippen LogP contribution in [0.15, 0.2) is 30.3 Å². The van der Waals surface area contributed by atoms with Gasteiger partial charge < -0.3 is 5.32 Å². The Morgan fingerprint density at radius 3 is 2.62 bits per heavy atom. The van der Waals surface area contributed by atoms with Crippen LogP contribution < -0.4 is 5.32 Å². The summed E-state index contributed by atoms with van der Waals surface area (Å²) in [4.78, 5) is 10.8. The van der Waals surface area contributed by atoms with Gasteiger partial charge in [0.2, 0.25) is 5.08 Å². The molecule has 0 aromatic heterocycles. The molecule has 2 nitrogen and oxygen atoms in total. The van der Waals surface area contributed by atoms with Crippen molar-refractivity contribution in [2.45, 2.75) is 11.6 Å². The highest BCUT2D eigenvalue weighted by atomic mass is 79.9. The van der Waals surface area contributed by atoms with E-state index < -0.39 is 11.0 Å². The molecule has 70 valence electrons. The number of nitrogens with one attached hydrogen (secondary N) is 1. The Morgan fingerprint density at radius 2 is 2.08 bits per heavy atom. The zero-order valence-electron chi connectivity index (χ0n) is 6.84. The number of hydrogen-bond acceptors (Lipinski definition) is 1. The van der Waals surface area contributed by atoms with Crippen molar-refractivity contribution in [3.63, 3.8) is 0 Å². The first-order valence-electron chi connectivity index (χ1n) is 3.80. The number of amides is 1. The molecule has 1 amide bonds. The van der Waals surface area contributed by atoms with E-state index in [1.54, 1.807) is 0 Å². The van der Waals surface area contributed by atoms with Crippen LogP contribution in [-0.2, 0) is 11.3 Å². The standard InChI is InChI=1S/C9H9BrFNO/c10-8(11)9(13)12-6-7-4-2-1-3-5-7/h1-5,8H,6H2,(H,12,13). The van der Waals surface area contributed by atoms with E-state index in [1.807, 2.05) is 30.3 Å². The minimum atomic E-state index is -1.63. The average molecular weight is 246 g/mol. The second-order valence-corrected chi connectivity index (χ2v) is 3.31. The summed E-state index contributed by atoms with van der Waals surface area (Å²) in [5.41, 5.74) is 0.948. The summed E-state index contributed by atoms with van der Waals surface area (Å²) in [5.74, 6) is -0.649. The Bertz CT molecular complexity index is 276. The van der Waals surface area contributed by atoms with Gasteiger partial charge in [-0.3, -0.25) is 4.79 Å². The quantitative estimate of drug-likeness (QED) is 0.812. The third-order valence-electron chi connectivity index (χ3n) is 1.51. The van der Waals surface area contributed by atoms with Crippen LogP contribution in [0.1, 0.15) is 5.56 Å². The van der Waals surface area contributed by atoms with Crippen molar-refractivity contribution >= 4 is 21.8 Å². The number of rotatable bonds is 3. The molecule has 13 heavy (non-hydrogen) atoms. The van der Waals surface area contributed by atoms with Crippen LogP contribution in [-0.4, -0.2) is 11.0 Å². The summed E-state index contributed by atoms with van der Waals surface area (Å²) in [6.45, 7) is 0.353. The average Bonchev–Trinajstić information content (AvgIpc) is 2.15. The summed E-state index contributed by atoms with van der Waals surface area (Å²) in [5, 5.41) is 0.809. The maximum atomic E-state index is 12.3. The number of carbonyl (C=O) groups is 1. The largest absolute Gasteiger partial charge is 0.349 e. The predicted octanol–water partition coefficient (Wildman–Crippen LogP) is 1.99. The molecule has 1 aromatic rings. The van der Waals surface area contributed by atoms with Crippen LogP contribution in [0.4, 0.5) is 4.39 Å². The molecule has 1 rings (SSSR count). The van der Waals surface area contributed by atoms with Crippen molar-refractivity contribution in [2.75, 3.05) is 0 Å². The van der Waals surface area contributed by atoms with E-state index in [1.165, 1.54) is 0 Å². The SMILES string of the molecule is O=C(NCc1ccccc1)C(F)Br. The first-order chi connectivity index (χ1) is 6.20. The third kappa shape index (κ3) is 3.55. The molecule has 1 aromatic carbocycles. The molecule has 0 radical (unpaired) electrons. The van der Waals surface area contributed by atoms with Crippen molar-refractivity contribution in [1.29, 1.82) is 0 Å². The first-order valence-corrected chi connectivity index (χ1v) is 4.71. The normalized spacial score (nSPS) is 12.2. The third-order valence-corrected chi connectivity index (χ3v) is 1.92. The summed E-state index contributed by atoms with van der Waals surface area (Å²) < 4.78 is 12.3. The molecule has 0 bridgehead atoms. The van der Waals surface area contributed by atoms with E-state index in [4.69, 9.17) is 0 Å². The number of benzene rings is 1. The van der Waals surface area contributed by atoms with E-state index in [-0.39, 0.29) is 0 Å². The maximum absolute atomic E-state index is 12.3. The second-order valence-electron chi connectivity index (χ2n) is 2.50. The minimum Gasteiger partial charge on any atom is -0.349 e. The fourth-order valence-corrected chi connectivity index (χ4v) is 1.02. The lowest BCUT2D eigenvalue weighted by atomic mass is 10.2. The smallest absolute Gasteiger partial charge is 0.265 e. The highest BCUT2D eigenvalue weighted by molar-refractivity contribution is 9.09. The number of hydrogen-bond donors (Lipinski definition) is 1. The molecule has 1 atom stereocenters. The van der Waals surface area contributed by atoms with Gasteiger partial charge in [0.1, 0.15) is 0 Å². The Kier molecular flexibility index (Phi) is 3.89. The molecule has 0 aliphatic heterocycles. The number of halogens is 2. The van der Waals surface area contributed by atoms with E-state index in [2.05, 4.69) is 21.2 Å². The number of carbonyl (C=O) groups excluding carboxylic acids is 1. The van der Waals surface area contributed by atoms with Crippen molar-refractivity contribution < 1.29 is 9.18 Å². The maximum Gasteiger partial charge on any atom is 0.265 e. The van der Waals surface area contributed by atoms with Gasteiger partial charge in [-0.15, -0.1) is 0 Å². The second kappa shape index (κ2) is 4.97. The Hall–Kier alpha value is -0.900. The van der Waals surface area contributed by atoms with Gasteiger partial charge in [-0.25, -0.2) is 4.39 Å². The molecule has 0 aliphatic carbocycles. The monoisotopic (exact) mass is 245 g/mol. The van der Waals surface area contributed by atoms with Crippen molar-refractivity contribution in [2.24, 2.45) is 0 Å². The van der Waals surface area contributed by atoms with E-state index in [9.17, 15) is 9.18 Å². The number of alkyl halides is 2. The molecule has 0 saturated carbocycles. The molecule has 0 aliphatic rings. The lowest BCUT2D eigenvalue weighted by Crippen LogP contribution is -2.27. The van der Waals surface area contributed by atoms with Gasteiger partial charge in [-0.1, -0.05) is 30.3 Å². The molecule has 0 spiro atoms. The lowest BCUT2D eigenvalue weighted by molar-refractivity contribution is -0.123. The molecule has 0 saturated heterocycles. The van der Waals surface area contributed by atoms with Crippen molar-refractivity contribution in [1.82, 2.24) is 5.32 Å². The Balaban J connectivity index is 2.40. The van der Waals surface area contributed by atoms with Gasteiger partial charge in [0, 0.05) is 6.54 Å². The predicted molar refractivity (Wildman–Crippen MR) is 52.1 cm³/mol. The van der Waals surface area contributed by atoms with Gasteiger partial charge in [-0.05, 0) is 21.5 Å². The molecular weight excluding hydrogens is 237 g/mol. The van der Waals surface area contributed by atoms with Crippen LogP contribution in [0.3, 0.4) is 0 Å². The van der Waals surface area contributed by atoms with Gasteiger partial charge in [0.25, 0.3) is 5.91 Å². The molecule has 1 unspecified atom stereocenters. The van der Waals surface area contributed by atoms with Crippen LogP contribution >= 0.6 is 15.9 Å². The lowest BCUT2D eigenvalue weighted by Gasteiger charge is -2.04. The Labute approximate surface area is 84.3 Å². The van der Waals surface area contributed by atoms with Crippen LogP contribution in [0.5, 0.6) is 0 Å². The highest BCUT2D eigenvalue weighted by Crippen LogP contribution is 2.01.